The molecule has 0 fully saturated rings. The standard InChI is InChI=1S/C20H16N2O4/c1-2-16(19(23)24)17-9-3-4-10-18(17)25-14-7-5-8-15(13-14)26-20-21-11-6-12-22-20/h2-13H,1H3,(H,23,24)/b16-2+. The van der Waals surface area contributed by atoms with Crippen LogP contribution in [0.2, 0.25) is 0 Å². The Morgan fingerprint density at radius 2 is 1.65 bits per heavy atom. The summed E-state index contributed by atoms with van der Waals surface area (Å²) in [6.45, 7) is 1.68. The first kappa shape index (κ1) is 17.2. The lowest BCUT2D eigenvalue weighted by atomic mass is 10.0. The molecule has 0 aliphatic rings. The molecule has 0 bridgehead atoms. The fourth-order valence-electron chi connectivity index (χ4n) is 2.34. The number of carboxylic acids is 1. The Morgan fingerprint density at radius 1 is 0.962 bits per heavy atom. The number of carbonyl (C=O) groups is 1. The molecule has 1 heterocycles. The number of benzene rings is 2. The Hall–Kier alpha value is -3.67. The molecule has 0 saturated carbocycles. The molecule has 0 spiro atoms. The molecule has 0 saturated heterocycles. The highest BCUT2D eigenvalue weighted by Gasteiger charge is 2.15. The van der Waals surface area contributed by atoms with Crippen LogP contribution >= 0.6 is 0 Å². The molecule has 3 aromatic rings. The van der Waals surface area contributed by atoms with Gasteiger partial charge in [-0.3, -0.25) is 0 Å². The van der Waals surface area contributed by atoms with Crippen molar-refractivity contribution < 1.29 is 19.4 Å². The maximum Gasteiger partial charge on any atom is 0.336 e. The number of aromatic nitrogens is 2. The van der Waals surface area contributed by atoms with Crippen LogP contribution in [0.25, 0.3) is 5.57 Å². The molecule has 0 radical (unpaired) electrons. The molecular weight excluding hydrogens is 332 g/mol. The van der Waals surface area contributed by atoms with Crippen molar-refractivity contribution in [1.29, 1.82) is 0 Å². The Balaban J connectivity index is 1.86. The van der Waals surface area contributed by atoms with Gasteiger partial charge in [-0.05, 0) is 31.2 Å². The van der Waals surface area contributed by atoms with E-state index in [2.05, 4.69) is 9.97 Å². The first-order valence-electron chi connectivity index (χ1n) is 7.89. The van der Waals surface area contributed by atoms with Crippen molar-refractivity contribution in [1.82, 2.24) is 9.97 Å². The molecular formula is C20H16N2O4. The second kappa shape index (κ2) is 7.94. The number of carboxylic acid groups (broad SMARTS) is 1. The van der Waals surface area contributed by atoms with E-state index in [0.717, 1.165) is 0 Å². The quantitative estimate of drug-likeness (QED) is 0.658. The van der Waals surface area contributed by atoms with Gasteiger partial charge >= 0.3 is 12.0 Å². The molecule has 1 aromatic heterocycles. The second-order valence-corrected chi connectivity index (χ2v) is 5.21. The first-order valence-corrected chi connectivity index (χ1v) is 7.89. The fourth-order valence-corrected chi connectivity index (χ4v) is 2.34. The summed E-state index contributed by atoms with van der Waals surface area (Å²) >= 11 is 0. The highest BCUT2D eigenvalue weighted by Crippen LogP contribution is 2.32. The zero-order valence-corrected chi connectivity index (χ0v) is 14.0. The maximum absolute atomic E-state index is 11.4. The molecule has 1 N–H and O–H groups in total. The second-order valence-electron chi connectivity index (χ2n) is 5.21. The van der Waals surface area contributed by atoms with Crippen molar-refractivity contribution in [2.45, 2.75) is 6.92 Å². The highest BCUT2D eigenvalue weighted by molar-refractivity contribution is 6.16. The topological polar surface area (TPSA) is 81.5 Å². The van der Waals surface area contributed by atoms with Gasteiger partial charge < -0.3 is 14.6 Å². The average Bonchev–Trinajstić information content (AvgIpc) is 2.65. The van der Waals surface area contributed by atoms with E-state index in [-0.39, 0.29) is 11.6 Å². The van der Waals surface area contributed by atoms with Crippen LogP contribution in [-0.2, 0) is 4.79 Å². The molecule has 0 atom stereocenters. The molecule has 0 amide bonds. The van der Waals surface area contributed by atoms with Gasteiger partial charge in [0.05, 0.1) is 5.57 Å². The molecule has 2 aromatic carbocycles. The molecule has 6 nitrogen and oxygen atoms in total. The van der Waals surface area contributed by atoms with Crippen molar-refractivity contribution in [3.05, 3.63) is 78.6 Å². The summed E-state index contributed by atoms with van der Waals surface area (Å²) in [6, 6.07) is 15.9. The minimum Gasteiger partial charge on any atom is -0.478 e. The molecule has 0 unspecified atom stereocenters. The van der Waals surface area contributed by atoms with Gasteiger partial charge in [-0.1, -0.05) is 30.3 Å². The van der Waals surface area contributed by atoms with Crippen LogP contribution < -0.4 is 9.47 Å². The third-order valence-electron chi connectivity index (χ3n) is 3.48. The summed E-state index contributed by atoms with van der Waals surface area (Å²) in [6.07, 6.45) is 4.71. The van der Waals surface area contributed by atoms with Gasteiger partial charge in [-0.15, -0.1) is 0 Å². The molecule has 130 valence electrons. The van der Waals surface area contributed by atoms with Gasteiger partial charge in [0.15, 0.2) is 0 Å². The maximum atomic E-state index is 11.4. The number of para-hydroxylation sites is 1. The van der Waals surface area contributed by atoms with Crippen LogP contribution in [0.5, 0.6) is 23.3 Å². The summed E-state index contributed by atoms with van der Waals surface area (Å²) in [4.78, 5) is 19.5. The van der Waals surface area contributed by atoms with Gasteiger partial charge in [0.1, 0.15) is 17.2 Å². The largest absolute Gasteiger partial charge is 0.478 e. The van der Waals surface area contributed by atoms with Gasteiger partial charge in [-0.2, -0.15) is 0 Å². The lowest BCUT2D eigenvalue weighted by Crippen LogP contribution is -2.01. The number of hydrogen-bond acceptors (Lipinski definition) is 5. The Bertz CT molecular complexity index is 939. The van der Waals surface area contributed by atoms with Crippen molar-refractivity contribution in [2.24, 2.45) is 0 Å². The van der Waals surface area contributed by atoms with Crippen LogP contribution in [0.4, 0.5) is 0 Å². The van der Waals surface area contributed by atoms with Gasteiger partial charge in [0, 0.05) is 24.0 Å². The summed E-state index contributed by atoms with van der Waals surface area (Å²) in [5.41, 5.74) is 0.672. The summed E-state index contributed by atoms with van der Waals surface area (Å²) in [7, 11) is 0. The number of aliphatic carboxylic acids is 1. The monoisotopic (exact) mass is 348 g/mol. The van der Waals surface area contributed by atoms with Crippen molar-refractivity contribution in [2.75, 3.05) is 0 Å². The van der Waals surface area contributed by atoms with Gasteiger partial charge in [0.25, 0.3) is 0 Å². The third-order valence-corrected chi connectivity index (χ3v) is 3.48. The van der Waals surface area contributed by atoms with Gasteiger partial charge in [-0.25, -0.2) is 14.8 Å². The fraction of sp³-hybridized carbons (Fsp3) is 0.0500. The molecule has 26 heavy (non-hydrogen) atoms. The average molecular weight is 348 g/mol. The Labute approximate surface area is 150 Å². The summed E-state index contributed by atoms with van der Waals surface area (Å²) < 4.78 is 11.5. The van der Waals surface area contributed by atoms with Crippen LogP contribution in [0, 0.1) is 0 Å². The number of nitrogens with zero attached hydrogens (tertiary/aromatic N) is 2. The van der Waals surface area contributed by atoms with Crippen LogP contribution in [0.3, 0.4) is 0 Å². The number of allylic oxidation sites excluding steroid dienone is 1. The lowest BCUT2D eigenvalue weighted by molar-refractivity contribution is -0.130. The van der Waals surface area contributed by atoms with Crippen LogP contribution in [0.15, 0.2) is 73.1 Å². The number of ether oxygens (including phenoxy) is 2. The minimum atomic E-state index is -1.01. The Morgan fingerprint density at radius 3 is 2.35 bits per heavy atom. The van der Waals surface area contributed by atoms with E-state index in [9.17, 15) is 9.90 Å². The number of hydrogen-bond donors (Lipinski definition) is 1. The van der Waals surface area contributed by atoms with E-state index in [1.54, 1.807) is 73.9 Å². The van der Waals surface area contributed by atoms with E-state index in [4.69, 9.17) is 9.47 Å². The van der Waals surface area contributed by atoms with E-state index in [0.29, 0.717) is 22.8 Å². The molecule has 3 rings (SSSR count). The summed E-state index contributed by atoms with van der Waals surface area (Å²) in [5, 5.41) is 9.37. The zero-order chi connectivity index (χ0) is 18.4. The molecule has 0 aliphatic carbocycles. The Kier molecular flexibility index (Phi) is 5.24. The van der Waals surface area contributed by atoms with Crippen molar-refractivity contribution in [3.63, 3.8) is 0 Å². The van der Waals surface area contributed by atoms with Gasteiger partial charge in [0.2, 0.25) is 0 Å². The van der Waals surface area contributed by atoms with E-state index in [1.807, 2.05) is 0 Å². The normalized spacial score (nSPS) is 11.0. The van der Waals surface area contributed by atoms with Crippen molar-refractivity contribution >= 4 is 11.5 Å². The third kappa shape index (κ3) is 4.05. The first-order chi connectivity index (χ1) is 12.7. The highest BCUT2D eigenvalue weighted by atomic mass is 16.5. The van der Waals surface area contributed by atoms with E-state index in [1.165, 1.54) is 6.08 Å². The predicted octanol–water partition coefficient (Wildman–Crippen LogP) is 4.55. The van der Waals surface area contributed by atoms with Crippen molar-refractivity contribution in [3.8, 4) is 23.3 Å². The number of rotatable bonds is 6. The van der Waals surface area contributed by atoms with Crippen LogP contribution in [-0.4, -0.2) is 21.0 Å². The minimum absolute atomic E-state index is 0.172. The van der Waals surface area contributed by atoms with Crippen LogP contribution in [0.1, 0.15) is 12.5 Å². The lowest BCUT2D eigenvalue weighted by Gasteiger charge is -2.12. The van der Waals surface area contributed by atoms with E-state index < -0.39 is 5.97 Å². The SMILES string of the molecule is C/C=C(/C(=O)O)c1ccccc1Oc1cccc(Oc2ncccn2)c1. The summed E-state index contributed by atoms with van der Waals surface area (Å²) in [5.74, 6) is 0.445. The predicted molar refractivity (Wildman–Crippen MR) is 96.4 cm³/mol. The molecule has 6 heteroatoms. The van der Waals surface area contributed by atoms with E-state index >= 15 is 0 Å². The smallest absolute Gasteiger partial charge is 0.336 e. The molecule has 0 aliphatic heterocycles. The zero-order valence-electron chi connectivity index (χ0n) is 14.0.